The number of sulfonamides is 1. The first-order valence-electron chi connectivity index (χ1n) is 5.89. The van der Waals surface area contributed by atoms with Crippen LogP contribution in [0.5, 0.6) is 0 Å². The molecule has 0 spiro atoms. The topological polar surface area (TPSA) is 85.1 Å². The minimum atomic E-state index is -3.57. The summed E-state index contributed by atoms with van der Waals surface area (Å²) in [4.78, 5) is 3.90. The summed E-state index contributed by atoms with van der Waals surface area (Å²) in [6, 6.07) is 10.3. The van der Waals surface area contributed by atoms with Gasteiger partial charge in [-0.3, -0.25) is 4.72 Å². The van der Waals surface area contributed by atoms with Gasteiger partial charge in [-0.15, -0.1) is 0 Å². The van der Waals surface area contributed by atoms with E-state index in [4.69, 9.17) is 17.3 Å². The maximum atomic E-state index is 12.1. The van der Waals surface area contributed by atoms with Gasteiger partial charge in [0.25, 0.3) is 0 Å². The van der Waals surface area contributed by atoms with Crippen LogP contribution in [0.15, 0.2) is 42.6 Å². The van der Waals surface area contributed by atoms with Gasteiger partial charge in [-0.05, 0) is 23.3 Å². The molecule has 1 heterocycles. The van der Waals surface area contributed by atoms with E-state index in [2.05, 4.69) is 9.71 Å². The Bertz CT molecular complexity index is 704. The van der Waals surface area contributed by atoms with Gasteiger partial charge in [-0.25, -0.2) is 13.4 Å². The van der Waals surface area contributed by atoms with Gasteiger partial charge in [0.15, 0.2) is 5.82 Å². The predicted octanol–water partition coefficient (Wildman–Crippen LogP) is 2.14. The Hall–Kier alpha value is -1.63. The third-order valence-electron chi connectivity index (χ3n) is 2.59. The third kappa shape index (κ3) is 3.93. The van der Waals surface area contributed by atoms with Crippen LogP contribution in [-0.2, 0) is 22.3 Å². The van der Waals surface area contributed by atoms with Crippen molar-refractivity contribution in [2.24, 2.45) is 5.73 Å². The first-order chi connectivity index (χ1) is 9.50. The van der Waals surface area contributed by atoms with Gasteiger partial charge in [-0.2, -0.15) is 0 Å². The van der Waals surface area contributed by atoms with E-state index in [0.717, 1.165) is 5.56 Å². The Morgan fingerprint density at radius 2 is 1.95 bits per heavy atom. The lowest BCUT2D eigenvalue weighted by Crippen LogP contribution is -2.16. The molecule has 0 aliphatic rings. The largest absolute Gasteiger partial charge is 0.326 e. The average molecular weight is 312 g/mol. The second-order valence-corrected chi connectivity index (χ2v) is 6.35. The Morgan fingerprint density at radius 3 is 2.65 bits per heavy atom. The Labute approximate surface area is 122 Å². The van der Waals surface area contributed by atoms with Crippen molar-refractivity contribution in [3.63, 3.8) is 0 Å². The molecule has 0 saturated heterocycles. The number of pyridine rings is 1. The van der Waals surface area contributed by atoms with Crippen molar-refractivity contribution in [2.75, 3.05) is 4.72 Å². The molecule has 1 aromatic heterocycles. The fourth-order valence-corrected chi connectivity index (χ4v) is 3.08. The fraction of sp³-hybridized carbons (Fsp3) is 0.154. The lowest BCUT2D eigenvalue weighted by Gasteiger charge is -2.09. The number of hydrogen-bond acceptors (Lipinski definition) is 4. The van der Waals surface area contributed by atoms with Gasteiger partial charge in [0.1, 0.15) is 0 Å². The van der Waals surface area contributed by atoms with Crippen LogP contribution in [0.1, 0.15) is 11.1 Å². The number of rotatable bonds is 5. The van der Waals surface area contributed by atoms with E-state index in [-0.39, 0.29) is 16.6 Å². The highest BCUT2D eigenvalue weighted by Gasteiger charge is 2.14. The van der Waals surface area contributed by atoms with Crippen LogP contribution in [0.2, 0.25) is 5.02 Å². The van der Waals surface area contributed by atoms with Gasteiger partial charge in [0, 0.05) is 12.7 Å². The molecule has 3 N–H and O–H groups in total. The summed E-state index contributed by atoms with van der Waals surface area (Å²) in [5.41, 5.74) is 7.08. The van der Waals surface area contributed by atoms with Crippen molar-refractivity contribution < 1.29 is 8.42 Å². The van der Waals surface area contributed by atoms with Gasteiger partial charge >= 0.3 is 0 Å². The lowest BCUT2D eigenvalue weighted by molar-refractivity contribution is 0.600. The van der Waals surface area contributed by atoms with Gasteiger partial charge in [-0.1, -0.05) is 35.9 Å². The van der Waals surface area contributed by atoms with Crippen molar-refractivity contribution in [1.82, 2.24) is 4.98 Å². The number of nitrogens with one attached hydrogen (secondary N) is 1. The normalized spacial score (nSPS) is 11.3. The number of nitrogens with zero attached hydrogens (tertiary/aromatic N) is 1. The maximum Gasteiger partial charge on any atom is 0.238 e. The summed E-state index contributed by atoms with van der Waals surface area (Å²) in [6.07, 6.45) is 1.47. The zero-order valence-corrected chi connectivity index (χ0v) is 12.2. The molecule has 0 amide bonds. The van der Waals surface area contributed by atoms with Crippen LogP contribution in [0.3, 0.4) is 0 Å². The zero-order valence-electron chi connectivity index (χ0n) is 10.6. The highest BCUT2D eigenvalue weighted by Crippen LogP contribution is 2.20. The molecule has 2 aromatic rings. The summed E-state index contributed by atoms with van der Waals surface area (Å²) >= 11 is 5.87. The first-order valence-corrected chi connectivity index (χ1v) is 7.92. The first kappa shape index (κ1) is 14.8. The van der Waals surface area contributed by atoms with Crippen molar-refractivity contribution in [3.05, 3.63) is 58.7 Å². The molecule has 0 bridgehead atoms. The van der Waals surface area contributed by atoms with E-state index in [9.17, 15) is 8.42 Å². The van der Waals surface area contributed by atoms with Crippen LogP contribution >= 0.6 is 11.6 Å². The molecular formula is C13H14ClN3O2S. The second-order valence-electron chi connectivity index (χ2n) is 4.22. The summed E-state index contributed by atoms with van der Waals surface area (Å²) in [7, 11) is -3.57. The van der Waals surface area contributed by atoms with E-state index in [1.54, 1.807) is 30.3 Å². The summed E-state index contributed by atoms with van der Waals surface area (Å²) in [5, 5.41) is 0.256. The molecule has 20 heavy (non-hydrogen) atoms. The highest BCUT2D eigenvalue weighted by atomic mass is 35.5. The minimum Gasteiger partial charge on any atom is -0.326 e. The molecule has 0 fully saturated rings. The van der Waals surface area contributed by atoms with Crippen LogP contribution in [0, 0.1) is 0 Å². The van der Waals surface area contributed by atoms with Gasteiger partial charge in [0.2, 0.25) is 10.0 Å². The molecule has 0 unspecified atom stereocenters. The molecular weight excluding hydrogens is 298 g/mol. The molecule has 106 valence electrons. The number of benzene rings is 1. The molecule has 0 atom stereocenters. The Morgan fingerprint density at radius 1 is 1.20 bits per heavy atom. The molecule has 0 saturated carbocycles. The lowest BCUT2D eigenvalue weighted by atomic mass is 10.1. The number of anilines is 1. The second kappa shape index (κ2) is 6.21. The molecule has 0 aliphatic heterocycles. The Kier molecular flexibility index (Phi) is 4.59. The maximum absolute atomic E-state index is 12.1. The number of nitrogens with two attached hydrogens (primary N) is 1. The van der Waals surface area contributed by atoms with Crippen LogP contribution < -0.4 is 10.5 Å². The van der Waals surface area contributed by atoms with Crippen LogP contribution in [-0.4, -0.2) is 13.4 Å². The fourth-order valence-electron chi connectivity index (χ4n) is 1.71. The van der Waals surface area contributed by atoms with Crippen LogP contribution in [0.25, 0.3) is 0 Å². The standard InChI is InChI=1S/C13H14ClN3O2S/c14-12-5-2-6-16-13(12)17-20(18,19)9-11-4-1-3-10(7-11)8-15/h1-7H,8-9,15H2,(H,16,17). The van der Waals surface area contributed by atoms with Crippen molar-refractivity contribution >= 4 is 27.4 Å². The Balaban J connectivity index is 2.17. The van der Waals surface area contributed by atoms with E-state index in [1.807, 2.05) is 6.07 Å². The molecule has 5 nitrogen and oxygen atoms in total. The SMILES string of the molecule is NCc1cccc(CS(=O)(=O)Nc2ncccc2Cl)c1. The molecule has 0 radical (unpaired) electrons. The average Bonchev–Trinajstić information content (AvgIpc) is 2.41. The third-order valence-corrected chi connectivity index (χ3v) is 4.12. The van der Waals surface area contributed by atoms with Gasteiger partial charge < -0.3 is 5.73 Å². The van der Waals surface area contributed by atoms with E-state index in [1.165, 1.54) is 6.20 Å². The van der Waals surface area contributed by atoms with Crippen LogP contribution in [0.4, 0.5) is 5.82 Å². The molecule has 0 aliphatic carbocycles. The highest BCUT2D eigenvalue weighted by molar-refractivity contribution is 7.91. The van der Waals surface area contributed by atoms with Gasteiger partial charge in [0.05, 0.1) is 10.8 Å². The molecule has 2 rings (SSSR count). The van der Waals surface area contributed by atoms with E-state index < -0.39 is 10.0 Å². The quantitative estimate of drug-likeness (QED) is 0.886. The summed E-state index contributed by atoms with van der Waals surface area (Å²) < 4.78 is 26.5. The molecule has 7 heteroatoms. The number of aromatic nitrogens is 1. The van der Waals surface area contributed by atoms with Crippen molar-refractivity contribution in [2.45, 2.75) is 12.3 Å². The summed E-state index contributed by atoms with van der Waals surface area (Å²) in [5.74, 6) is -0.0301. The number of halogens is 1. The minimum absolute atomic E-state index is 0.129. The van der Waals surface area contributed by atoms with E-state index in [0.29, 0.717) is 12.1 Å². The molecule has 1 aromatic carbocycles. The van der Waals surface area contributed by atoms with E-state index >= 15 is 0 Å². The monoisotopic (exact) mass is 311 g/mol. The summed E-state index contributed by atoms with van der Waals surface area (Å²) in [6.45, 7) is 0.368. The van der Waals surface area contributed by atoms with Crippen molar-refractivity contribution in [3.8, 4) is 0 Å². The smallest absolute Gasteiger partial charge is 0.238 e. The zero-order chi connectivity index (χ0) is 14.6. The predicted molar refractivity (Wildman–Crippen MR) is 79.8 cm³/mol. The number of hydrogen-bond donors (Lipinski definition) is 2. The van der Waals surface area contributed by atoms with Crippen molar-refractivity contribution in [1.29, 1.82) is 0 Å².